The molecule has 2 unspecified atom stereocenters. The molecule has 0 bridgehead atoms. The van der Waals surface area contributed by atoms with Gasteiger partial charge >= 0.3 is 0 Å². The molecule has 0 radical (unpaired) electrons. The number of hydrogen-bond acceptors (Lipinski definition) is 5. The van der Waals surface area contributed by atoms with Crippen LogP contribution in [0.2, 0.25) is 0 Å². The van der Waals surface area contributed by atoms with Gasteiger partial charge in [-0.3, -0.25) is 14.5 Å². The third-order valence-corrected chi connectivity index (χ3v) is 8.72. The van der Waals surface area contributed by atoms with E-state index in [9.17, 15) is 19.1 Å². The van der Waals surface area contributed by atoms with E-state index in [1.807, 2.05) is 30.3 Å². The van der Waals surface area contributed by atoms with E-state index in [0.29, 0.717) is 37.2 Å². The van der Waals surface area contributed by atoms with Gasteiger partial charge in [0.05, 0.1) is 6.04 Å². The average molecular weight is 512 g/mol. The fourth-order valence-electron chi connectivity index (χ4n) is 5.51. The van der Waals surface area contributed by atoms with Gasteiger partial charge in [0, 0.05) is 41.3 Å². The highest BCUT2D eigenvalue weighted by Gasteiger charge is 2.39. The Balaban J connectivity index is 1.23. The highest BCUT2D eigenvalue weighted by molar-refractivity contribution is 7.98. The van der Waals surface area contributed by atoms with Crippen LogP contribution in [0.4, 0.5) is 4.39 Å². The number of benzene rings is 2. The number of thioether (sulfide) groups is 1. The maximum atomic E-state index is 15.0. The van der Waals surface area contributed by atoms with E-state index in [2.05, 4.69) is 10.2 Å². The Hall–Kier alpha value is -2.42. The van der Waals surface area contributed by atoms with E-state index in [4.69, 9.17) is 0 Å². The van der Waals surface area contributed by atoms with Crippen LogP contribution in [-0.2, 0) is 23.6 Å². The fourth-order valence-corrected chi connectivity index (χ4v) is 6.53. The lowest BCUT2D eigenvalue weighted by atomic mass is 10.0. The fraction of sp³-hybridized carbons (Fsp3) is 0.500. The van der Waals surface area contributed by atoms with Crippen molar-refractivity contribution < 1.29 is 19.1 Å². The molecule has 0 saturated carbocycles. The van der Waals surface area contributed by atoms with Crippen LogP contribution in [0, 0.1) is 5.82 Å². The summed E-state index contributed by atoms with van der Waals surface area (Å²) in [5.41, 5.74) is 3.24. The molecular formula is C28H34FN3O3S. The van der Waals surface area contributed by atoms with Crippen LogP contribution in [0.5, 0.6) is 0 Å². The van der Waals surface area contributed by atoms with Gasteiger partial charge in [0.2, 0.25) is 5.91 Å². The second-order valence-corrected chi connectivity index (χ2v) is 11.1. The minimum absolute atomic E-state index is 0.118. The molecule has 6 nitrogen and oxygen atoms in total. The van der Waals surface area contributed by atoms with Crippen molar-refractivity contribution in [3.63, 3.8) is 0 Å². The van der Waals surface area contributed by atoms with E-state index < -0.39 is 12.3 Å². The van der Waals surface area contributed by atoms with E-state index in [-0.39, 0.29) is 17.6 Å². The highest BCUT2D eigenvalue weighted by Crippen LogP contribution is 2.36. The molecule has 2 saturated heterocycles. The number of amides is 2. The number of likely N-dealkylation sites (tertiary alicyclic amines) is 1. The van der Waals surface area contributed by atoms with Gasteiger partial charge in [-0.25, -0.2) is 4.39 Å². The van der Waals surface area contributed by atoms with Crippen LogP contribution in [0.3, 0.4) is 0 Å². The normalized spacial score (nSPS) is 23.2. The molecule has 2 aromatic rings. The van der Waals surface area contributed by atoms with Crippen molar-refractivity contribution in [1.82, 2.24) is 15.1 Å². The minimum atomic E-state index is -1.05. The summed E-state index contributed by atoms with van der Waals surface area (Å²) in [6.07, 6.45) is 5.89. The van der Waals surface area contributed by atoms with E-state index in [0.717, 1.165) is 34.7 Å². The number of halogens is 1. The number of carbonyl (C=O) groups is 2. The number of nitrogens with zero attached hydrogens (tertiary/aromatic N) is 2. The van der Waals surface area contributed by atoms with Gasteiger partial charge in [0.25, 0.3) is 5.91 Å². The Kier molecular flexibility index (Phi) is 7.93. The summed E-state index contributed by atoms with van der Waals surface area (Å²) in [6.45, 7) is 3.14. The Labute approximate surface area is 216 Å². The quantitative estimate of drug-likeness (QED) is 0.561. The predicted molar refractivity (Wildman–Crippen MR) is 138 cm³/mol. The second kappa shape index (κ2) is 11.3. The Morgan fingerprint density at radius 3 is 2.58 bits per heavy atom. The molecule has 2 amide bonds. The average Bonchev–Trinajstić information content (AvgIpc) is 3.17. The third kappa shape index (κ3) is 5.61. The van der Waals surface area contributed by atoms with Crippen molar-refractivity contribution in [2.75, 3.05) is 13.1 Å². The van der Waals surface area contributed by atoms with Crippen molar-refractivity contribution in [2.45, 2.75) is 81.0 Å². The van der Waals surface area contributed by atoms with Gasteiger partial charge in [-0.2, -0.15) is 0 Å². The molecular weight excluding hydrogens is 477 g/mol. The van der Waals surface area contributed by atoms with Crippen LogP contribution in [0.25, 0.3) is 0 Å². The van der Waals surface area contributed by atoms with Crippen molar-refractivity contribution >= 4 is 23.6 Å². The molecule has 0 aromatic heterocycles. The maximum Gasteiger partial charge on any atom is 0.254 e. The monoisotopic (exact) mass is 511 g/mol. The number of aliphatic hydroxyl groups is 1. The lowest BCUT2D eigenvalue weighted by Gasteiger charge is -2.35. The number of fused-ring (bicyclic) bond motifs is 1. The van der Waals surface area contributed by atoms with E-state index in [1.54, 1.807) is 22.7 Å². The molecule has 3 aliphatic rings. The number of carbonyl (C=O) groups excluding carboxylic acids is 2. The smallest absolute Gasteiger partial charge is 0.254 e. The maximum absolute atomic E-state index is 15.0. The van der Waals surface area contributed by atoms with Gasteiger partial charge in [0.15, 0.2) is 0 Å². The van der Waals surface area contributed by atoms with Crippen LogP contribution < -0.4 is 5.32 Å². The van der Waals surface area contributed by atoms with E-state index in [1.165, 1.54) is 32.1 Å². The zero-order chi connectivity index (χ0) is 25.1. The molecule has 3 heterocycles. The first-order chi connectivity index (χ1) is 17.5. The van der Waals surface area contributed by atoms with Crippen molar-refractivity contribution in [1.29, 1.82) is 0 Å². The largest absolute Gasteiger partial charge is 0.372 e. The standard InChI is InChI=1S/C28H34FN3O3S/c29-23-15-19(9-10-20(23)16-31-13-4-2-1-3-5-14-31)18-36-25-8-6-7-21-22(25)17-32(28(21)35)24-11-12-26(33)30-27(24)34/h6-10,15,24,27,34H,1-5,11-14,16-18H2,(H,30,33). The summed E-state index contributed by atoms with van der Waals surface area (Å²) >= 11 is 1.60. The van der Waals surface area contributed by atoms with Crippen molar-refractivity contribution in [3.8, 4) is 0 Å². The van der Waals surface area contributed by atoms with Crippen molar-refractivity contribution in [2.24, 2.45) is 0 Å². The molecule has 36 heavy (non-hydrogen) atoms. The van der Waals surface area contributed by atoms with Gasteiger partial charge in [-0.05, 0) is 61.7 Å². The first-order valence-electron chi connectivity index (χ1n) is 13.0. The minimum Gasteiger partial charge on any atom is -0.372 e. The first-order valence-corrected chi connectivity index (χ1v) is 14.0. The van der Waals surface area contributed by atoms with Crippen LogP contribution >= 0.6 is 11.8 Å². The molecule has 2 fully saturated rings. The van der Waals surface area contributed by atoms with Crippen LogP contribution in [-0.4, -0.2) is 52.1 Å². The predicted octanol–water partition coefficient (Wildman–Crippen LogP) is 4.44. The van der Waals surface area contributed by atoms with Crippen LogP contribution in [0.1, 0.15) is 72.0 Å². The summed E-state index contributed by atoms with van der Waals surface area (Å²) in [5, 5.41) is 12.9. The van der Waals surface area contributed by atoms with Crippen LogP contribution in [0.15, 0.2) is 41.3 Å². The molecule has 192 valence electrons. The number of hydrogen-bond donors (Lipinski definition) is 2. The summed E-state index contributed by atoms with van der Waals surface area (Å²) in [5.74, 6) is 0.142. The van der Waals surface area contributed by atoms with Gasteiger partial charge in [-0.15, -0.1) is 11.8 Å². The molecule has 0 aliphatic carbocycles. The molecule has 2 atom stereocenters. The van der Waals surface area contributed by atoms with Crippen molar-refractivity contribution in [3.05, 3.63) is 64.5 Å². The van der Waals surface area contributed by atoms with Gasteiger partial charge in [0.1, 0.15) is 12.0 Å². The number of piperidine rings is 1. The molecule has 5 rings (SSSR count). The number of nitrogens with one attached hydrogen (secondary N) is 1. The third-order valence-electron chi connectivity index (χ3n) is 7.55. The summed E-state index contributed by atoms with van der Waals surface area (Å²) in [7, 11) is 0. The molecule has 0 spiro atoms. The lowest BCUT2D eigenvalue weighted by Crippen LogP contribution is -2.55. The highest BCUT2D eigenvalue weighted by atomic mass is 32.2. The Morgan fingerprint density at radius 2 is 1.83 bits per heavy atom. The van der Waals surface area contributed by atoms with E-state index >= 15 is 0 Å². The molecule has 8 heteroatoms. The second-order valence-electron chi connectivity index (χ2n) is 10.1. The number of rotatable bonds is 6. The summed E-state index contributed by atoms with van der Waals surface area (Å²) in [6, 6.07) is 10.8. The topological polar surface area (TPSA) is 72.9 Å². The number of aliphatic hydroxyl groups excluding tert-OH is 1. The Morgan fingerprint density at radius 1 is 1.06 bits per heavy atom. The first kappa shape index (κ1) is 25.2. The molecule has 2 N–H and O–H groups in total. The molecule has 2 aromatic carbocycles. The summed E-state index contributed by atoms with van der Waals surface area (Å²) < 4.78 is 15.0. The SMILES string of the molecule is O=C1CCC(N2Cc3c(SCc4ccc(CN5CCCCCCC5)c(F)c4)cccc3C2=O)C(O)N1. The zero-order valence-corrected chi connectivity index (χ0v) is 21.4. The van der Waals surface area contributed by atoms with Gasteiger partial charge in [-0.1, -0.05) is 37.5 Å². The zero-order valence-electron chi connectivity index (χ0n) is 20.5. The lowest BCUT2D eigenvalue weighted by molar-refractivity contribution is -0.129. The Bertz CT molecular complexity index is 1120. The van der Waals surface area contributed by atoms with Gasteiger partial charge < -0.3 is 15.3 Å². The molecule has 3 aliphatic heterocycles. The summed E-state index contributed by atoms with van der Waals surface area (Å²) in [4.78, 5) is 29.7.